The van der Waals surface area contributed by atoms with Crippen molar-refractivity contribution >= 4 is 17.4 Å². The van der Waals surface area contributed by atoms with Crippen molar-refractivity contribution in [2.75, 3.05) is 5.73 Å². The van der Waals surface area contributed by atoms with Crippen LogP contribution in [0.2, 0.25) is 5.02 Å². The van der Waals surface area contributed by atoms with Crippen molar-refractivity contribution in [2.45, 2.75) is 6.92 Å². The van der Waals surface area contributed by atoms with Crippen LogP contribution < -0.4 is 5.73 Å². The molecular formula is C16H13ClFN3. The van der Waals surface area contributed by atoms with Crippen molar-refractivity contribution in [3.63, 3.8) is 0 Å². The molecule has 3 nitrogen and oxygen atoms in total. The number of hydrogen-bond donors (Lipinski definition) is 2. The van der Waals surface area contributed by atoms with Gasteiger partial charge in [-0.05, 0) is 30.2 Å². The number of anilines is 1. The second-order valence-electron chi connectivity index (χ2n) is 4.80. The minimum atomic E-state index is -0.474. The van der Waals surface area contributed by atoms with Gasteiger partial charge in [0.1, 0.15) is 5.82 Å². The van der Waals surface area contributed by atoms with Crippen molar-refractivity contribution in [2.24, 2.45) is 0 Å². The summed E-state index contributed by atoms with van der Waals surface area (Å²) in [5, 5.41) is 7.02. The molecule has 0 fully saturated rings. The van der Waals surface area contributed by atoms with Gasteiger partial charge in [0, 0.05) is 5.56 Å². The van der Waals surface area contributed by atoms with Gasteiger partial charge in [0.25, 0.3) is 0 Å². The summed E-state index contributed by atoms with van der Waals surface area (Å²) in [6, 6.07) is 12.5. The fraction of sp³-hybridized carbons (Fsp3) is 0.0625. The standard InChI is InChI=1S/C16H13ClFN3/c1-9-4-2-3-5-11(9)14-15(20-21-16(14)19)10-6-7-12(17)13(18)8-10/h2-8H,1H3,(H3,19,20,21). The van der Waals surface area contributed by atoms with Crippen LogP contribution in [-0.2, 0) is 0 Å². The van der Waals surface area contributed by atoms with Crippen molar-refractivity contribution in [3.8, 4) is 22.4 Å². The molecule has 3 aromatic rings. The van der Waals surface area contributed by atoms with Gasteiger partial charge in [-0.25, -0.2) is 4.39 Å². The number of nitrogens with two attached hydrogens (primary N) is 1. The van der Waals surface area contributed by atoms with E-state index >= 15 is 0 Å². The molecule has 0 radical (unpaired) electrons. The molecule has 21 heavy (non-hydrogen) atoms. The Bertz CT molecular complexity index is 811. The summed E-state index contributed by atoms with van der Waals surface area (Å²) in [5.41, 5.74) is 10.1. The number of nitrogen functional groups attached to an aromatic ring is 1. The van der Waals surface area contributed by atoms with E-state index in [4.69, 9.17) is 17.3 Å². The lowest BCUT2D eigenvalue weighted by molar-refractivity contribution is 0.628. The molecule has 2 aromatic carbocycles. The van der Waals surface area contributed by atoms with Crippen molar-refractivity contribution < 1.29 is 4.39 Å². The first-order chi connectivity index (χ1) is 10.1. The fourth-order valence-corrected chi connectivity index (χ4v) is 2.46. The Morgan fingerprint density at radius 3 is 2.67 bits per heavy atom. The highest BCUT2D eigenvalue weighted by Crippen LogP contribution is 2.36. The predicted octanol–water partition coefficient (Wildman–Crippen LogP) is 4.43. The Morgan fingerprint density at radius 1 is 1.19 bits per heavy atom. The number of rotatable bonds is 2. The zero-order valence-corrected chi connectivity index (χ0v) is 12.1. The van der Waals surface area contributed by atoms with Crippen LogP contribution in [0.15, 0.2) is 42.5 Å². The van der Waals surface area contributed by atoms with Gasteiger partial charge >= 0.3 is 0 Å². The third-order valence-corrected chi connectivity index (χ3v) is 3.72. The van der Waals surface area contributed by atoms with Crippen molar-refractivity contribution in [1.82, 2.24) is 10.2 Å². The first-order valence-electron chi connectivity index (χ1n) is 6.43. The van der Waals surface area contributed by atoms with Crippen molar-refractivity contribution in [3.05, 3.63) is 58.9 Å². The molecule has 0 saturated heterocycles. The third-order valence-electron chi connectivity index (χ3n) is 3.42. The lowest BCUT2D eigenvalue weighted by Gasteiger charge is -2.08. The molecule has 0 aliphatic heterocycles. The van der Waals surface area contributed by atoms with Crippen LogP contribution in [0.25, 0.3) is 22.4 Å². The second kappa shape index (κ2) is 5.22. The number of hydrogen-bond acceptors (Lipinski definition) is 2. The van der Waals surface area contributed by atoms with Crippen LogP contribution >= 0.6 is 11.6 Å². The van der Waals surface area contributed by atoms with E-state index in [2.05, 4.69) is 10.2 Å². The molecule has 3 N–H and O–H groups in total. The average molecular weight is 302 g/mol. The molecule has 0 aliphatic carbocycles. The van der Waals surface area contributed by atoms with Gasteiger partial charge in [-0.1, -0.05) is 41.9 Å². The highest BCUT2D eigenvalue weighted by molar-refractivity contribution is 6.30. The van der Waals surface area contributed by atoms with Crippen LogP contribution in [0, 0.1) is 12.7 Å². The molecule has 0 saturated carbocycles. The SMILES string of the molecule is Cc1ccccc1-c1c(N)n[nH]c1-c1ccc(Cl)c(F)c1. The summed E-state index contributed by atoms with van der Waals surface area (Å²) < 4.78 is 13.7. The van der Waals surface area contributed by atoms with Gasteiger partial charge in [0.2, 0.25) is 0 Å². The highest BCUT2D eigenvalue weighted by atomic mass is 35.5. The molecule has 0 aliphatic rings. The first kappa shape index (κ1) is 13.6. The molecule has 0 spiro atoms. The lowest BCUT2D eigenvalue weighted by atomic mass is 9.97. The van der Waals surface area contributed by atoms with Crippen LogP contribution in [-0.4, -0.2) is 10.2 Å². The minimum absolute atomic E-state index is 0.0867. The van der Waals surface area contributed by atoms with E-state index in [9.17, 15) is 4.39 Å². The number of benzene rings is 2. The smallest absolute Gasteiger partial charge is 0.153 e. The quantitative estimate of drug-likeness (QED) is 0.736. The molecule has 0 unspecified atom stereocenters. The van der Waals surface area contributed by atoms with E-state index in [-0.39, 0.29) is 5.02 Å². The molecule has 1 heterocycles. The second-order valence-corrected chi connectivity index (χ2v) is 5.21. The Kier molecular flexibility index (Phi) is 3.39. The number of halogens is 2. The summed E-state index contributed by atoms with van der Waals surface area (Å²) in [6.45, 7) is 1.99. The number of aromatic amines is 1. The van der Waals surface area contributed by atoms with E-state index in [1.807, 2.05) is 31.2 Å². The number of H-pyrrole nitrogens is 1. The molecule has 3 rings (SSSR count). The lowest BCUT2D eigenvalue weighted by Crippen LogP contribution is -1.91. The van der Waals surface area contributed by atoms with Gasteiger partial charge in [-0.3, -0.25) is 5.10 Å². The van der Waals surface area contributed by atoms with E-state index in [1.165, 1.54) is 12.1 Å². The van der Waals surface area contributed by atoms with Gasteiger partial charge in [-0.15, -0.1) is 0 Å². The maximum absolute atomic E-state index is 13.7. The summed E-state index contributed by atoms with van der Waals surface area (Å²) in [6.07, 6.45) is 0. The molecule has 1 aromatic heterocycles. The largest absolute Gasteiger partial charge is 0.382 e. The molecule has 5 heteroatoms. The average Bonchev–Trinajstić information content (AvgIpc) is 2.84. The van der Waals surface area contributed by atoms with Gasteiger partial charge in [0.15, 0.2) is 5.82 Å². The monoisotopic (exact) mass is 301 g/mol. The normalized spacial score (nSPS) is 10.8. The maximum Gasteiger partial charge on any atom is 0.153 e. The van der Waals surface area contributed by atoms with E-state index < -0.39 is 5.82 Å². The van der Waals surface area contributed by atoms with Crippen LogP contribution in [0.1, 0.15) is 5.56 Å². The molecule has 0 amide bonds. The Morgan fingerprint density at radius 2 is 1.95 bits per heavy atom. The molecular weight excluding hydrogens is 289 g/mol. The third kappa shape index (κ3) is 2.38. The summed E-state index contributed by atoms with van der Waals surface area (Å²) in [7, 11) is 0. The molecule has 106 valence electrons. The first-order valence-corrected chi connectivity index (χ1v) is 6.81. The predicted molar refractivity (Wildman–Crippen MR) is 83.6 cm³/mol. The number of nitrogens with one attached hydrogen (secondary N) is 1. The zero-order valence-electron chi connectivity index (χ0n) is 11.3. The summed E-state index contributed by atoms with van der Waals surface area (Å²) in [4.78, 5) is 0. The van der Waals surface area contributed by atoms with Crippen LogP contribution in [0.5, 0.6) is 0 Å². The van der Waals surface area contributed by atoms with Gasteiger partial charge in [0.05, 0.1) is 16.3 Å². The van der Waals surface area contributed by atoms with Crippen molar-refractivity contribution in [1.29, 1.82) is 0 Å². The maximum atomic E-state index is 13.7. The zero-order chi connectivity index (χ0) is 15.0. The van der Waals surface area contributed by atoms with Crippen LogP contribution in [0.3, 0.4) is 0 Å². The topological polar surface area (TPSA) is 54.7 Å². The number of aromatic nitrogens is 2. The van der Waals surface area contributed by atoms with Gasteiger partial charge < -0.3 is 5.73 Å². The number of aryl methyl sites for hydroxylation is 1. The molecule has 0 bridgehead atoms. The molecule has 0 atom stereocenters. The summed E-state index contributed by atoms with van der Waals surface area (Å²) in [5.74, 6) is -0.0901. The van der Waals surface area contributed by atoms with E-state index in [1.54, 1.807) is 6.07 Å². The minimum Gasteiger partial charge on any atom is -0.382 e. The fourth-order valence-electron chi connectivity index (χ4n) is 2.34. The van der Waals surface area contributed by atoms with Gasteiger partial charge in [-0.2, -0.15) is 5.10 Å². The van der Waals surface area contributed by atoms with Crippen LogP contribution in [0.4, 0.5) is 10.2 Å². The Labute approximate surface area is 126 Å². The van der Waals surface area contributed by atoms with E-state index in [0.717, 1.165) is 16.7 Å². The Balaban J connectivity index is 2.22. The Hall–Kier alpha value is -2.33. The summed E-state index contributed by atoms with van der Waals surface area (Å²) >= 11 is 5.73. The number of nitrogens with zero attached hydrogens (tertiary/aromatic N) is 1. The highest BCUT2D eigenvalue weighted by Gasteiger charge is 2.17. The van der Waals surface area contributed by atoms with E-state index in [0.29, 0.717) is 17.1 Å².